The number of carbonyl (C=O) groups excluding carboxylic acids is 1. The monoisotopic (exact) mass is 392 g/mol. The van der Waals surface area contributed by atoms with Gasteiger partial charge in [-0.3, -0.25) is 9.79 Å². The number of carbonyl (C=O) groups is 1. The molecular weight excluding hydrogens is 374 g/mol. The summed E-state index contributed by atoms with van der Waals surface area (Å²) in [7, 11) is 0. The molecule has 0 saturated carbocycles. The van der Waals surface area contributed by atoms with Gasteiger partial charge in [-0.05, 0) is 35.7 Å². The average molecular weight is 392 g/mol. The number of aliphatic imine (C=N–C) groups is 1. The van der Waals surface area contributed by atoms with Gasteiger partial charge in [0, 0.05) is 24.1 Å². The fourth-order valence-corrected chi connectivity index (χ4v) is 3.82. The molecule has 2 aliphatic rings. The fraction of sp³-hybridized carbons (Fsp3) is 0.273. The van der Waals surface area contributed by atoms with Crippen LogP contribution in [0.25, 0.3) is 0 Å². The molecule has 2 aromatic carbocycles. The molecule has 2 atom stereocenters. The Morgan fingerprint density at radius 3 is 2.62 bits per heavy atom. The molecule has 2 aromatic rings. The summed E-state index contributed by atoms with van der Waals surface area (Å²) in [6, 6.07) is 12.5. The third kappa shape index (κ3) is 3.54. The lowest BCUT2D eigenvalue weighted by Crippen LogP contribution is -2.46. The summed E-state index contributed by atoms with van der Waals surface area (Å²) < 4.78 is 27.8. The molecule has 2 heterocycles. The molecule has 0 bridgehead atoms. The predicted molar refractivity (Wildman–Crippen MR) is 104 cm³/mol. The lowest BCUT2D eigenvalue weighted by atomic mass is 9.86. The Labute approximate surface area is 167 Å². The maximum atomic E-state index is 14.4. The Kier molecular flexibility index (Phi) is 4.93. The molecule has 0 aliphatic carbocycles. The van der Waals surface area contributed by atoms with Crippen LogP contribution in [0.2, 0.25) is 0 Å². The Hall–Kier alpha value is -3.40. The number of hydrazone groups is 1. The number of benzene rings is 2. The Morgan fingerprint density at radius 2 is 1.97 bits per heavy atom. The number of nitriles is 1. The Bertz CT molecular complexity index is 1070. The first kappa shape index (κ1) is 18.9. The lowest BCUT2D eigenvalue weighted by Gasteiger charge is -2.37. The summed E-state index contributed by atoms with van der Waals surface area (Å²) in [4.78, 5) is 17.4. The first-order valence-electron chi connectivity index (χ1n) is 9.41. The molecular formula is C22H18F2N4O. The summed E-state index contributed by atoms with van der Waals surface area (Å²) in [6.45, 7) is 1.90. The van der Waals surface area contributed by atoms with Gasteiger partial charge in [-0.15, -0.1) is 0 Å². The molecule has 4 rings (SSSR count). The first-order valence-corrected chi connectivity index (χ1v) is 9.41. The van der Waals surface area contributed by atoms with E-state index in [1.165, 1.54) is 17.1 Å². The van der Waals surface area contributed by atoms with Gasteiger partial charge in [0.15, 0.2) is 0 Å². The van der Waals surface area contributed by atoms with Crippen molar-refractivity contribution in [2.75, 3.05) is 0 Å². The molecule has 29 heavy (non-hydrogen) atoms. The minimum absolute atomic E-state index is 0.110. The Balaban J connectivity index is 1.71. The fourth-order valence-electron chi connectivity index (χ4n) is 3.82. The van der Waals surface area contributed by atoms with E-state index in [4.69, 9.17) is 10.3 Å². The summed E-state index contributed by atoms with van der Waals surface area (Å²) in [5.41, 5.74) is 2.96. The minimum Gasteiger partial charge on any atom is -0.272 e. The van der Waals surface area contributed by atoms with Crippen LogP contribution >= 0.6 is 0 Å². The third-order valence-corrected chi connectivity index (χ3v) is 5.29. The van der Waals surface area contributed by atoms with Crippen molar-refractivity contribution >= 4 is 17.3 Å². The Morgan fingerprint density at radius 1 is 1.21 bits per heavy atom. The van der Waals surface area contributed by atoms with Gasteiger partial charge < -0.3 is 0 Å². The van der Waals surface area contributed by atoms with Crippen LogP contribution in [-0.4, -0.2) is 28.5 Å². The van der Waals surface area contributed by atoms with Crippen molar-refractivity contribution in [2.24, 2.45) is 10.1 Å². The topological polar surface area (TPSA) is 68.8 Å². The predicted octanol–water partition coefficient (Wildman–Crippen LogP) is 4.14. The summed E-state index contributed by atoms with van der Waals surface area (Å²) >= 11 is 0. The number of halogens is 2. The third-order valence-electron chi connectivity index (χ3n) is 5.29. The molecule has 0 spiro atoms. The molecule has 0 N–H and O–H groups in total. The molecule has 0 saturated heterocycles. The van der Waals surface area contributed by atoms with Crippen molar-refractivity contribution in [3.8, 4) is 6.07 Å². The second-order valence-electron chi connectivity index (χ2n) is 7.06. The van der Waals surface area contributed by atoms with E-state index < -0.39 is 17.8 Å². The van der Waals surface area contributed by atoms with Gasteiger partial charge in [-0.2, -0.15) is 10.4 Å². The summed E-state index contributed by atoms with van der Waals surface area (Å²) in [5.74, 6) is -1.80. The van der Waals surface area contributed by atoms with E-state index in [1.54, 1.807) is 24.3 Å². The van der Waals surface area contributed by atoms with Crippen molar-refractivity contribution < 1.29 is 13.6 Å². The molecule has 5 nitrogen and oxygen atoms in total. The molecule has 7 heteroatoms. The minimum atomic E-state index is -0.632. The number of amides is 1. The van der Waals surface area contributed by atoms with Crippen LogP contribution < -0.4 is 0 Å². The molecule has 146 valence electrons. The van der Waals surface area contributed by atoms with Crippen molar-refractivity contribution in [3.05, 3.63) is 70.8 Å². The zero-order valence-corrected chi connectivity index (χ0v) is 15.8. The SMILES string of the molecule is CCC1=NN2C(=O)CC(c3ccc(C#N)cc3)=NC2CC1c1ccc(F)cc1F. The van der Waals surface area contributed by atoms with E-state index in [2.05, 4.69) is 11.2 Å². The average Bonchev–Trinajstić information content (AvgIpc) is 2.73. The maximum Gasteiger partial charge on any atom is 0.250 e. The zero-order chi connectivity index (χ0) is 20.5. The van der Waals surface area contributed by atoms with Crippen LogP contribution in [0, 0.1) is 23.0 Å². The number of hydrogen-bond acceptors (Lipinski definition) is 4. The number of hydrogen-bond donors (Lipinski definition) is 0. The van der Waals surface area contributed by atoms with Gasteiger partial charge in [0.1, 0.15) is 17.8 Å². The van der Waals surface area contributed by atoms with Crippen molar-refractivity contribution in [3.63, 3.8) is 0 Å². The van der Waals surface area contributed by atoms with E-state index in [1.807, 2.05) is 6.92 Å². The second-order valence-corrected chi connectivity index (χ2v) is 7.06. The van der Waals surface area contributed by atoms with Crippen molar-refractivity contribution in [2.45, 2.75) is 38.3 Å². The normalized spacial score (nSPS) is 21.2. The largest absolute Gasteiger partial charge is 0.272 e. The second kappa shape index (κ2) is 7.55. The summed E-state index contributed by atoms with van der Waals surface area (Å²) in [6.07, 6.45) is 0.482. The van der Waals surface area contributed by atoms with E-state index in [9.17, 15) is 13.6 Å². The van der Waals surface area contributed by atoms with E-state index >= 15 is 0 Å². The van der Waals surface area contributed by atoms with Gasteiger partial charge in [0.05, 0.1) is 23.8 Å². The van der Waals surface area contributed by atoms with Gasteiger partial charge in [0.25, 0.3) is 5.91 Å². The quantitative estimate of drug-likeness (QED) is 0.788. The van der Waals surface area contributed by atoms with Crippen LogP contribution in [0.4, 0.5) is 8.78 Å². The van der Waals surface area contributed by atoms with Crippen molar-refractivity contribution in [1.29, 1.82) is 5.26 Å². The highest BCUT2D eigenvalue weighted by atomic mass is 19.1. The smallest absolute Gasteiger partial charge is 0.250 e. The van der Waals surface area contributed by atoms with E-state index in [0.29, 0.717) is 35.4 Å². The first-order chi connectivity index (χ1) is 14.0. The zero-order valence-electron chi connectivity index (χ0n) is 15.8. The number of fused-ring (bicyclic) bond motifs is 1. The molecule has 2 unspecified atom stereocenters. The van der Waals surface area contributed by atoms with Gasteiger partial charge in [-0.1, -0.05) is 25.1 Å². The van der Waals surface area contributed by atoms with Gasteiger partial charge in [0.2, 0.25) is 0 Å². The molecule has 0 fully saturated rings. The van der Waals surface area contributed by atoms with E-state index in [0.717, 1.165) is 11.6 Å². The van der Waals surface area contributed by atoms with Crippen LogP contribution in [0.1, 0.15) is 48.8 Å². The highest BCUT2D eigenvalue weighted by Crippen LogP contribution is 2.35. The molecule has 0 radical (unpaired) electrons. The summed E-state index contributed by atoms with van der Waals surface area (Å²) in [5, 5.41) is 14.8. The number of nitrogens with zero attached hydrogens (tertiary/aromatic N) is 4. The van der Waals surface area contributed by atoms with Gasteiger partial charge in [-0.25, -0.2) is 13.8 Å². The van der Waals surface area contributed by atoms with Crippen LogP contribution in [-0.2, 0) is 4.79 Å². The van der Waals surface area contributed by atoms with Crippen LogP contribution in [0.3, 0.4) is 0 Å². The van der Waals surface area contributed by atoms with Crippen LogP contribution in [0.15, 0.2) is 52.6 Å². The van der Waals surface area contributed by atoms with Crippen LogP contribution in [0.5, 0.6) is 0 Å². The highest BCUT2D eigenvalue weighted by molar-refractivity contribution is 6.12. The van der Waals surface area contributed by atoms with E-state index in [-0.39, 0.29) is 18.2 Å². The molecule has 0 aromatic heterocycles. The molecule has 2 aliphatic heterocycles. The maximum absolute atomic E-state index is 14.4. The molecule has 1 amide bonds. The van der Waals surface area contributed by atoms with Crippen molar-refractivity contribution in [1.82, 2.24) is 5.01 Å². The standard InChI is InChI=1S/C22H18F2N4O/c1-2-19-17(16-8-7-15(23)9-18(16)24)10-21-26-20(11-22(29)28(21)27-19)14-5-3-13(12-25)4-6-14/h3-9,17,21H,2,10-11H2,1H3. The number of rotatable bonds is 3. The highest BCUT2D eigenvalue weighted by Gasteiger charge is 2.38. The lowest BCUT2D eigenvalue weighted by molar-refractivity contribution is -0.133. The van der Waals surface area contributed by atoms with Gasteiger partial charge >= 0.3 is 0 Å².